The van der Waals surface area contributed by atoms with Crippen LogP contribution >= 0.6 is 27.3 Å². The second kappa shape index (κ2) is 10.2. The average molecular weight is 549 g/mol. The first-order valence-corrected chi connectivity index (χ1v) is 13.1. The van der Waals surface area contributed by atoms with E-state index in [1.54, 1.807) is 19.2 Å². The number of nitrogens with zero attached hydrogens (tertiary/aromatic N) is 4. The van der Waals surface area contributed by atoms with Crippen molar-refractivity contribution in [3.8, 4) is 0 Å². The van der Waals surface area contributed by atoms with Crippen molar-refractivity contribution in [1.29, 1.82) is 0 Å². The highest BCUT2D eigenvalue weighted by Crippen LogP contribution is 2.44. The van der Waals surface area contributed by atoms with Crippen LogP contribution in [0.5, 0.6) is 0 Å². The molecule has 0 amide bonds. The van der Waals surface area contributed by atoms with Crippen LogP contribution in [0.4, 0.5) is 4.39 Å². The van der Waals surface area contributed by atoms with Crippen LogP contribution in [0, 0.1) is 11.7 Å². The first kappa shape index (κ1) is 23.6. The van der Waals surface area contributed by atoms with Crippen molar-refractivity contribution in [3.05, 3.63) is 61.9 Å². The molecule has 1 aromatic heterocycles. The van der Waals surface area contributed by atoms with E-state index in [1.807, 2.05) is 5.38 Å². The fourth-order valence-electron chi connectivity index (χ4n) is 4.86. The van der Waals surface area contributed by atoms with E-state index < -0.39 is 6.04 Å². The Kier molecular flexibility index (Phi) is 7.10. The summed E-state index contributed by atoms with van der Waals surface area (Å²) in [7, 11) is 0. The summed E-state index contributed by atoms with van der Waals surface area (Å²) < 4.78 is 25.4. The third kappa shape index (κ3) is 4.68. The van der Waals surface area contributed by atoms with E-state index in [1.165, 1.54) is 23.5 Å². The lowest BCUT2D eigenvalue weighted by molar-refractivity contribution is -0.139. The maximum Gasteiger partial charge on any atom is 0.338 e. The lowest BCUT2D eigenvalue weighted by atomic mass is 9.93. The van der Waals surface area contributed by atoms with Crippen LogP contribution in [-0.4, -0.2) is 72.6 Å². The number of allylic oxidation sites excluding steroid dienone is 1. The van der Waals surface area contributed by atoms with E-state index in [9.17, 15) is 9.18 Å². The summed E-state index contributed by atoms with van der Waals surface area (Å²) in [5.74, 6) is 0.355. The number of carbonyl (C=O) groups is 1. The topological polar surface area (TPSA) is 67.3 Å². The molecule has 2 atom stereocenters. The second-order valence-electron chi connectivity index (χ2n) is 8.53. The van der Waals surface area contributed by atoms with Crippen molar-refractivity contribution < 1.29 is 18.7 Å². The molecule has 0 bridgehead atoms. The van der Waals surface area contributed by atoms with E-state index in [0.29, 0.717) is 16.0 Å². The Morgan fingerprint density at radius 3 is 2.88 bits per heavy atom. The van der Waals surface area contributed by atoms with Gasteiger partial charge in [-0.15, -0.1) is 11.3 Å². The molecule has 2 fully saturated rings. The normalized spacial score (nSPS) is 23.1. The van der Waals surface area contributed by atoms with Crippen LogP contribution < -0.4 is 0 Å². The summed E-state index contributed by atoms with van der Waals surface area (Å²) >= 11 is 5.01. The molecule has 7 nitrogen and oxygen atoms in total. The van der Waals surface area contributed by atoms with Gasteiger partial charge in [-0.05, 0) is 37.0 Å². The molecule has 180 valence electrons. The van der Waals surface area contributed by atoms with Gasteiger partial charge in [0, 0.05) is 47.9 Å². The number of halogens is 2. The number of carbonyl (C=O) groups excluding carboxylic acids is 1. The van der Waals surface area contributed by atoms with Gasteiger partial charge in [-0.3, -0.25) is 9.89 Å². The van der Waals surface area contributed by atoms with Crippen LogP contribution in [0.25, 0.3) is 0 Å². The highest BCUT2D eigenvalue weighted by molar-refractivity contribution is 9.10. The van der Waals surface area contributed by atoms with Crippen molar-refractivity contribution in [2.75, 3.05) is 46.0 Å². The van der Waals surface area contributed by atoms with Crippen molar-refractivity contribution in [2.45, 2.75) is 19.4 Å². The summed E-state index contributed by atoms with van der Waals surface area (Å²) in [4.78, 5) is 27.4. The fourth-order valence-corrected chi connectivity index (χ4v) is 6.07. The fraction of sp³-hybridized carbons (Fsp3) is 0.458. The Hall–Kier alpha value is -2.14. The van der Waals surface area contributed by atoms with Gasteiger partial charge in [0.15, 0.2) is 10.8 Å². The molecule has 34 heavy (non-hydrogen) atoms. The zero-order chi connectivity index (χ0) is 23.7. The van der Waals surface area contributed by atoms with Gasteiger partial charge in [0.1, 0.15) is 11.9 Å². The third-order valence-electron chi connectivity index (χ3n) is 6.34. The van der Waals surface area contributed by atoms with Gasteiger partial charge in [0.05, 0.1) is 25.4 Å². The number of aliphatic imine (C=N–C) groups is 1. The molecule has 3 aliphatic heterocycles. The SMILES string of the molecule is CCOC(=O)C1=C2C[C@@H](CN3CCOCC3)CN2C(c2nccs2)=N[C@H]1c1ccc(F)cc1Br. The number of thiazole rings is 1. The predicted octanol–water partition coefficient (Wildman–Crippen LogP) is 4.02. The van der Waals surface area contributed by atoms with Gasteiger partial charge >= 0.3 is 5.97 Å². The van der Waals surface area contributed by atoms with Crippen molar-refractivity contribution in [1.82, 2.24) is 14.8 Å². The molecule has 3 aliphatic rings. The number of esters is 1. The van der Waals surface area contributed by atoms with Gasteiger partial charge in [-0.25, -0.2) is 14.2 Å². The smallest absolute Gasteiger partial charge is 0.338 e. The molecule has 0 radical (unpaired) electrons. The van der Waals surface area contributed by atoms with E-state index in [4.69, 9.17) is 14.5 Å². The quantitative estimate of drug-likeness (QED) is 0.508. The zero-order valence-corrected chi connectivity index (χ0v) is 21.3. The van der Waals surface area contributed by atoms with Crippen LogP contribution in [0.1, 0.15) is 30.0 Å². The minimum absolute atomic E-state index is 0.271. The minimum atomic E-state index is -0.610. The van der Waals surface area contributed by atoms with Crippen molar-refractivity contribution >= 4 is 39.1 Å². The molecule has 0 spiro atoms. The summed E-state index contributed by atoms with van der Waals surface area (Å²) in [6.45, 7) is 7.08. The van der Waals surface area contributed by atoms with Crippen LogP contribution in [0.2, 0.25) is 0 Å². The highest BCUT2D eigenvalue weighted by Gasteiger charge is 2.42. The molecular formula is C24H26BrFN4O3S. The zero-order valence-electron chi connectivity index (χ0n) is 18.9. The Labute approximate surface area is 210 Å². The Morgan fingerprint density at radius 1 is 1.35 bits per heavy atom. The number of hydrogen-bond donors (Lipinski definition) is 0. The van der Waals surface area contributed by atoms with Gasteiger partial charge in [-0.2, -0.15) is 0 Å². The maximum absolute atomic E-state index is 13.9. The first-order chi connectivity index (χ1) is 16.5. The van der Waals surface area contributed by atoms with E-state index in [0.717, 1.165) is 67.9 Å². The molecule has 2 aromatic rings. The molecular weight excluding hydrogens is 523 g/mol. The summed E-state index contributed by atoms with van der Waals surface area (Å²) in [5.41, 5.74) is 2.18. The van der Waals surface area contributed by atoms with E-state index in [-0.39, 0.29) is 18.4 Å². The Balaban J connectivity index is 1.58. The molecule has 2 saturated heterocycles. The molecule has 5 rings (SSSR count). The molecule has 0 aliphatic carbocycles. The first-order valence-electron chi connectivity index (χ1n) is 11.5. The number of fused-ring (bicyclic) bond motifs is 1. The van der Waals surface area contributed by atoms with Gasteiger partial charge in [0.2, 0.25) is 0 Å². The highest BCUT2D eigenvalue weighted by atomic mass is 79.9. The molecule has 4 heterocycles. The third-order valence-corrected chi connectivity index (χ3v) is 7.79. The number of amidine groups is 1. The second-order valence-corrected chi connectivity index (χ2v) is 10.3. The average Bonchev–Trinajstić information content (AvgIpc) is 3.49. The van der Waals surface area contributed by atoms with Crippen molar-refractivity contribution in [3.63, 3.8) is 0 Å². The van der Waals surface area contributed by atoms with Gasteiger partial charge < -0.3 is 14.4 Å². The molecule has 0 unspecified atom stereocenters. The number of rotatable bonds is 6. The monoisotopic (exact) mass is 548 g/mol. The molecule has 0 N–H and O–H groups in total. The predicted molar refractivity (Wildman–Crippen MR) is 131 cm³/mol. The number of morpholine rings is 1. The molecule has 10 heteroatoms. The lowest BCUT2D eigenvalue weighted by Crippen LogP contribution is -2.40. The number of benzene rings is 1. The van der Waals surface area contributed by atoms with Crippen LogP contribution in [0.3, 0.4) is 0 Å². The Bertz CT molecular complexity index is 1120. The lowest BCUT2D eigenvalue weighted by Gasteiger charge is -2.32. The van der Waals surface area contributed by atoms with Gasteiger partial charge in [-0.1, -0.05) is 22.0 Å². The molecule has 0 saturated carbocycles. The van der Waals surface area contributed by atoms with Crippen molar-refractivity contribution in [2.24, 2.45) is 10.9 Å². The summed E-state index contributed by atoms with van der Waals surface area (Å²) in [6, 6.07) is 3.88. The van der Waals surface area contributed by atoms with E-state index in [2.05, 4.69) is 30.7 Å². The minimum Gasteiger partial charge on any atom is -0.463 e. The van der Waals surface area contributed by atoms with Crippen LogP contribution in [0.15, 0.2) is 50.5 Å². The molecule has 1 aromatic carbocycles. The Morgan fingerprint density at radius 2 is 2.18 bits per heavy atom. The number of aromatic nitrogens is 1. The summed E-state index contributed by atoms with van der Waals surface area (Å²) in [5, 5.41) is 2.72. The van der Waals surface area contributed by atoms with E-state index >= 15 is 0 Å². The maximum atomic E-state index is 13.9. The largest absolute Gasteiger partial charge is 0.463 e. The van der Waals surface area contributed by atoms with Gasteiger partial charge in [0.25, 0.3) is 0 Å². The number of hydrogen-bond acceptors (Lipinski definition) is 8. The van der Waals surface area contributed by atoms with Crippen LogP contribution in [-0.2, 0) is 14.3 Å². The number of ether oxygens (including phenoxy) is 2. The summed E-state index contributed by atoms with van der Waals surface area (Å²) in [6.07, 6.45) is 2.50. The standard InChI is InChI=1S/C24H26BrFN4O3S/c1-2-33-24(31)20-19-11-15(13-29-6-8-32-9-7-29)14-30(19)22(23-27-5-10-34-23)28-21(20)17-4-3-16(26)12-18(17)25/h3-5,10,12,15,21H,2,6-9,11,13-14H2,1H3/t15-,21-/m0/s1.